The molecule has 1 heterocycles. The molecular weight excluding hydrogens is 744 g/mol. The molecule has 1 unspecified atom stereocenters. The summed E-state index contributed by atoms with van der Waals surface area (Å²) in [5.74, 6) is -1.88. The highest BCUT2D eigenvalue weighted by Gasteiger charge is 2.46. The lowest BCUT2D eigenvalue weighted by molar-refractivity contribution is -0.119. The minimum absolute atomic E-state index is 0.0781. The third-order valence-corrected chi connectivity index (χ3v) is 9.61. The Morgan fingerprint density at radius 1 is 0.923 bits per heavy atom. The molecule has 204 valence electrons. The first-order valence-corrected chi connectivity index (χ1v) is 14.6. The Bertz CT molecular complexity index is 1440. The maximum absolute atomic E-state index is 14.8. The van der Waals surface area contributed by atoms with Crippen LogP contribution in [-0.2, 0) is 4.79 Å². The van der Waals surface area contributed by atoms with E-state index >= 15 is 0 Å². The zero-order valence-corrected chi connectivity index (χ0v) is 26.6. The molecule has 0 saturated carbocycles. The van der Waals surface area contributed by atoms with Crippen LogP contribution in [-0.4, -0.2) is 45.0 Å². The molecule has 0 spiro atoms. The van der Waals surface area contributed by atoms with Gasteiger partial charge in [-0.2, -0.15) is 0 Å². The number of rotatable bonds is 7. The standard InChI is InChI=1S/C25H16Br2Cl5FN4O2/c1-35-22(38)21(37(24(35)39)20-5-3-2-4-19(20)33)34-23(25(26,27)12-28)36(13-6-8-15(29)17(31)10-13)14-7-9-16(30)18(32)11-14/h2-11,23H,12H2,1H3/b34-21+. The third-order valence-electron chi connectivity index (χ3n) is 5.69. The highest BCUT2D eigenvalue weighted by Crippen LogP contribution is 2.44. The first-order chi connectivity index (χ1) is 18.4. The number of imide groups is 1. The zero-order valence-electron chi connectivity index (χ0n) is 19.7. The summed E-state index contributed by atoms with van der Waals surface area (Å²) in [5, 5.41) is 1.10. The number of carbonyl (C=O) groups excluding carboxylic acids is 2. The smallest absolute Gasteiger partial charge is 0.316 e. The van der Waals surface area contributed by atoms with Crippen molar-refractivity contribution in [3.05, 3.63) is 86.6 Å². The van der Waals surface area contributed by atoms with Crippen molar-refractivity contribution >= 4 is 125 Å². The predicted molar refractivity (Wildman–Crippen MR) is 165 cm³/mol. The topological polar surface area (TPSA) is 56.2 Å². The Hall–Kier alpha value is -1.59. The molecule has 1 saturated heterocycles. The molecule has 0 aliphatic carbocycles. The highest BCUT2D eigenvalue weighted by atomic mass is 79.9. The van der Waals surface area contributed by atoms with Gasteiger partial charge >= 0.3 is 6.03 Å². The van der Waals surface area contributed by atoms with Crippen molar-refractivity contribution in [1.29, 1.82) is 0 Å². The molecule has 0 radical (unpaired) electrons. The zero-order chi connectivity index (χ0) is 28.6. The van der Waals surface area contributed by atoms with E-state index in [1.165, 1.54) is 25.2 Å². The van der Waals surface area contributed by atoms with Crippen LogP contribution < -0.4 is 9.80 Å². The summed E-state index contributed by atoms with van der Waals surface area (Å²) in [6, 6.07) is 14.5. The second-order valence-corrected chi connectivity index (χ2v) is 14.0. The van der Waals surface area contributed by atoms with Crippen molar-refractivity contribution in [2.75, 3.05) is 22.7 Å². The summed E-state index contributed by atoms with van der Waals surface area (Å²) in [6.07, 6.45) is -1.10. The fourth-order valence-electron chi connectivity index (χ4n) is 3.76. The molecule has 0 bridgehead atoms. The Balaban J connectivity index is 2.01. The maximum Gasteiger partial charge on any atom is 0.337 e. The van der Waals surface area contributed by atoms with Gasteiger partial charge < -0.3 is 4.90 Å². The van der Waals surface area contributed by atoms with Gasteiger partial charge in [-0.15, -0.1) is 11.6 Å². The number of anilines is 3. The van der Waals surface area contributed by atoms with E-state index in [-0.39, 0.29) is 27.4 Å². The van der Waals surface area contributed by atoms with Gasteiger partial charge in [0.15, 0.2) is 6.17 Å². The third kappa shape index (κ3) is 6.05. The van der Waals surface area contributed by atoms with Crippen LogP contribution in [0.3, 0.4) is 0 Å². The second-order valence-electron chi connectivity index (χ2n) is 8.22. The molecule has 39 heavy (non-hydrogen) atoms. The summed E-state index contributed by atoms with van der Waals surface area (Å²) in [7, 11) is 1.28. The Labute approximate surface area is 265 Å². The van der Waals surface area contributed by atoms with Gasteiger partial charge in [0.1, 0.15) is 9.05 Å². The van der Waals surface area contributed by atoms with E-state index in [1.807, 2.05) is 0 Å². The lowest BCUT2D eigenvalue weighted by Gasteiger charge is -2.38. The average Bonchev–Trinajstić information content (AvgIpc) is 3.11. The van der Waals surface area contributed by atoms with Crippen molar-refractivity contribution in [3.63, 3.8) is 0 Å². The summed E-state index contributed by atoms with van der Waals surface area (Å²) in [4.78, 5) is 34.6. The number of hydrogen-bond acceptors (Lipinski definition) is 4. The molecule has 4 rings (SSSR count). The first-order valence-electron chi connectivity index (χ1n) is 10.9. The predicted octanol–water partition coefficient (Wildman–Crippen LogP) is 9.13. The van der Waals surface area contributed by atoms with E-state index in [0.717, 1.165) is 9.80 Å². The molecule has 14 heteroatoms. The molecule has 0 aromatic heterocycles. The Morgan fingerprint density at radius 2 is 1.46 bits per heavy atom. The average molecular weight is 760 g/mol. The number of para-hydroxylation sites is 1. The van der Waals surface area contributed by atoms with Crippen molar-refractivity contribution in [1.82, 2.24) is 4.90 Å². The number of amidine groups is 1. The molecule has 0 N–H and O–H groups in total. The number of hydrogen-bond donors (Lipinski definition) is 0. The van der Waals surface area contributed by atoms with E-state index in [1.54, 1.807) is 47.4 Å². The van der Waals surface area contributed by atoms with Crippen molar-refractivity contribution < 1.29 is 14.0 Å². The lowest BCUT2D eigenvalue weighted by atomic mass is 10.2. The fraction of sp³-hybridized carbons (Fsp3) is 0.160. The van der Waals surface area contributed by atoms with Gasteiger partial charge in [-0.3, -0.25) is 9.69 Å². The number of carbonyl (C=O) groups is 2. The minimum atomic E-state index is -1.21. The van der Waals surface area contributed by atoms with Crippen LogP contribution in [0, 0.1) is 5.82 Å². The first kappa shape index (κ1) is 30.4. The Kier molecular flexibility index (Phi) is 9.43. The fourth-order valence-corrected chi connectivity index (χ4v) is 5.10. The SMILES string of the molecule is CN1C(=O)/C(=N\C(N(c2ccc(Cl)c(Cl)c2)c2ccc(Cl)c(Cl)c2)C(Br)(Br)CCl)N(c2ccccc2F)C1=O. The minimum Gasteiger partial charge on any atom is -0.316 e. The van der Waals surface area contributed by atoms with Crippen molar-refractivity contribution in [2.24, 2.45) is 4.99 Å². The molecule has 1 fully saturated rings. The molecule has 3 aromatic rings. The molecule has 3 aromatic carbocycles. The van der Waals surface area contributed by atoms with Gasteiger partial charge in [-0.05, 0) is 48.5 Å². The van der Waals surface area contributed by atoms with Crippen LogP contribution in [0.5, 0.6) is 0 Å². The van der Waals surface area contributed by atoms with Gasteiger partial charge in [0.25, 0.3) is 5.91 Å². The van der Waals surface area contributed by atoms with E-state index in [2.05, 4.69) is 31.9 Å². The van der Waals surface area contributed by atoms with Gasteiger partial charge in [0.05, 0.1) is 31.7 Å². The number of alkyl halides is 3. The van der Waals surface area contributed by atoms with E-state index in [4.69, 9.17) is 63.0 Å². The van der Waals surface area contributed by atoms with E-state index in [9.17, 15) is 14.0 Å². The monoisotopic (exact) mass is 756 g/mol. The lowest BCUT2D eigenvalue weighted by Crippen LogP contribution is -2.46. The summed E-state index contributed by atoms with van der Waals surface area (Å²) < 4.78 is 13.6. The number of likely N-dealkylation sites (N-methyl/N-ethyl adjacent to an activating group) is 1. The van der Waals surface area contributed by atoms with E-state index < -0.39 is 27.2 Å². The number of nitrogens with zero attached hydrogens (tertiary/aromatic N) is 4. The van der Waals surface area contributed by atoms with Crippen molar-refractivity contribution in [3.8, 4) is 0 Å². The normalized spacial score (nSPS) is 15.9. The van der Waals surface area contributed by atoms with Gasteiger partial charge in [-0.1, -0.05) is 90.4 Å². The van der Waals surface area contributed by atoms with Crippen LogP contribution in [0.1, 0.15) is 0 Å². The van der Waals surface area contributed by atoms with Crippen LogP contribution in [0.25, 0.3) is 0 Å². The van der Waals surface area contributed by atoms with Crippen LogP contribution in [0.2, 0.25) is 20.1 Å². The molecule has 1 aliphatic heterocycles. The number of aliphatic imine (C=N–C) groups is 1. The molecule has 1 atom stereocenters. The molecule has 6 nitrogen and oxygen atoms in total. The number of benzene rings is 3. The van der Waals surface area contributed by atoms with Gasteiger partial charge in [0, 0.05) is 18.4 Å². The number of urea groups is 1. The molecule has 3 amide bonds. The maximum atomic E-state index is 14.8. The van der Waals surface area contributed by atoms with Crippen molar-refractivity contribution in [2.45, 2.75) is 9.40 Å². The largest absolute Gasteiger partial charge is 0.337 e. The van der Waals surface area contributed by atoms with Crippen LogP contribution >= 0.6 is 89.9 Å². The summed E-state index contributed by atoms with van der Waals surface area (Å²) >= 11 is 38.6. The second kappa shape index (κ2) is 12.1. The van der Waals surface area contributed by atoms with Gasteiger partial charge in [0.2, 0.25) is 5.84 Å². The number of halogens is 8. The molecule has 1 aliphatic rings. The van der Waals surface area contributed by atoms with Crippen LogP contribution in [0.4, 0.5) is 26.2 Å². The molecular formula is C25H16Br2Cl5FN4O2. The number of amides is 3. The van der Waals surface area contributed by atoms with E-state index in [0.29, 0.717) is 21.4 Å². The quantitative estimate of drug-likeness (QED) is 0.179. The van der Waals surface area contributed by atoms with Gasteiger partial charge in [-0.25, -0.2) is 19.1 Å². The Morgan fingerprint density at radius 3 is 1.95 bits per heavy atom. The highest BCUT2D eigenvalue weighted by molar-refractivity contribution is 9.25. The van der Waals surface area contributed by atoms with Crippen LogP contribution in [0.15, 0.2) is 65.7 Å². The summed E-state index contributed by atoms with van der Waals surface area (Å²) in [6.45, 7) is 0. The summed E-state index contributed by atoms with van der Waals surface area (Å²) in [5.41, 5.74) is 0.815.